The molecule has 1 atom stereocenters. The molecule has 6 nitrogen and oxygen atoms in total. The second-order valence-corrected chi connectivity index (χ2v) is 6.84. The summed E-state index contributed by atoms with van der Waals surface area (Å²) in [6, 6.07) is 15.8. The molecule has 0 aliphatic carbocycles. The number of amides is 2. The van der Waals surface area contributed by atoms with Crippen LogP contribution in [0.15, 0.2) is 54.6 Å². The molecule has 0 unspecified atom stereocenters. The van der Waals surface area contributed by atoms with Crippen LogP contribution in [0.25, 0.3) is 11.3 Å². The van der Waals surface area contributed by atoms with Crippen LogP contribution in [0.1, 0.15) is 18.0 Å². The molecule has 2 N–H and O–H groups in total. The van der Waals surface area contributed by atoms with Crippen molar-refractivity contribution >= 4 is 34.9 Å². The molecular weight excluding hydrogens is 364 g/mol. The Kier molecular flexibility index (Phi) is 4.41. The van der Waals surface area contributed by atoms with Gasteiger partial charge in [-0.1, -0.05) is 48.0 Å². The van der Waals surface area contributed by atoms with Gasteiger partial charge < -0.3 is 10.6 Å². The quantitative estimate of drug-likeness (QED) is 0.720. The Hall–Kier alpha value is -3.12. The number of rotatable bonds is 3. The molecule has 1 aliphatic heterocycles. The number of fused-ring (bicyclic) bond motifs is 1. The lowest BCUT2D eigenvalue weighted by molar-refractivity contribution is -0.125. The topological polar surface area (TPSA) is 76.0 Å². The first kappa shape index (κ1) is 17.3. The molecule has 1 aliphatic rings. The van der Waals surface area contributed by atoms with Gasteiger partial charge in [-0.3, -0.25) is 9.59 Å². The molecule has 0 saturated heterocycles. The number of carbonyl (C=O) groups is 2. The molecule has 2 amide bonds. The summed E-state index contributed by atoms with van der Waals surface area (Å²) >= 11 is 5.98. The maximum absolute atomic E-state index is 12.8. The summed E-state index contributed by atoms with van der Waals surface area (Å²) in [5, 5.41) is 10.8. The maximum Gasteiger partial charge on any atom is 0.249 e. The highest BCUT2D eigenvalue weighted by molar-refractivity contribution is 6.30. The van der Waals surface area contributed by atoms with Gasteiger partial charge in [0.2, 0.25) is 11.8 Å². The van der Waals surface area contributed by atoms with Crippen molar-refractivity contribution in [2.45, 2.75) is 19.4 Å². The van der Waals surface area contributed by atoms with E-state index in [0.717, 1.165) is 16.8 Å². The highest BCUT2D eigenvalue weighted by Crippen LogP contribution is 2.34. The van der Waals surface area contributed by atoms with Crippen molar-refractivity contribution < 1.29 is 9.59 Å². The van der Waals surface area contributed by atoms with Crippen LogP contribution in [0.5, 0.6) is 0 Å². The lowest BCUT2D eigenvalue weighted by Gasteiger charge is -2.24. The number of nitrogens with zero attached hydrogens (tertiary/aromatic N) is 2. The Morgan fingerprint density at radius 1 is 1.22 bits per heavy atom. The Morgan fingerprint density at radius 2 is 2.00 bits per heavy atom. The largest absolute Gasteiger partial charge is 0.324 e. The molecule has 0 fully saturated rings. The van der Waals surface area contributed by atoms with E-state index in [0.29, 0.717) is 16.5 Å². The van der Waals surface area contributed by atoms with E-state index in [-0.39, 0.29) is 18.2 Å². The molecule has 0 spiro atoms. The van der Waals surface area contributed by atoms with Crippen molar-refractivity contribution in [1.29, 1.82) is 0 Å². The van der Waals surface area contributed by atoms with Gasteiger partial charge in [0.05, 0.1) is 12.1 Å². The summed E-state index contributed by atoms with van der Waals surface area (Å²) in [6.45, 7) is 1.89. The van der Waals surface area contributed by atoms with E-state index in [1.54, 1.807) is 28.9 Å². The monoisotopic (exact) mass is 380 g/mol. The summed E-state index contributed by atoms with van der Waals surface area (Å²) in [4.78, 5) is 25.0. The third-order valence-corrected chi connectivity index (χ3v) is 4.76. The van der Waals surface area contributed by atoms with Gasteiger partial charge in [0.15, 0.2) is 0 Å². The Balaban J connectivity index is 1.70. The van der Waals surface area contributed by atoms with Crippen LogP contribution >= 0.6 is 11.6 Å². The average molecular weight is 381 g/mol. The van der Waals surface area contributed by atoms with E-state index in [9.17, 15) is 9.59 Å². The number of halogens is 1. The van der Waals surface area contributed by atoms with Crippen molar-refractivity contribution in [2.75, 3.05) is 10.6 Å². The summed E-state index contributed by atoms with van der Waals surface area (Å²) in [7, 11) is 0. The highest BCUT2D eigenvalue weighted by Gasteiger charge is 2.34. The summed E-state index contributed by atoms with van der Waals surface area (Å²) in [5.74, 6) is 0.0307. The summed E-state index contributed by atoms with van der Waals surface area (Å²) in [5.41, 5.74) is 3.08. The Morgan fingerprint density at radius 3 is 2.74 bits per heavy atom. The lowest BCUT2D eigenvalue weighted by Crippen LogP contribution is -2.35. The number of hydrogen-bond donors (Lipinski definition) is 2. The average Bonchev–Trinajstić information content (AvgIpc) is 2.98. The second-order valence-electron chi connectivity index (χ2n) is 6.40. The van der Waals surface area contributed by atoms with Gasteiger partial charge >= 0.3 is 0 Å². The lowest BCUT2D eigenvalue weighted by atomic mass is 10.1. The number of carbonyl (C=O) groups excluding carboxylic acids is 2. The van der Waals surface area contributed by atoms with Gasteiger partial charge in [0, 0.05) is 21.8 Å². The van der Waals surface area contributed by atoms with Crippen molar-refractivity contribution in [3.8, 4) is 11.3 Å². The van der Waals surface area contributed by atoms with Gasteiger partial charge in [-0.05, 0) is 25.1 Å². The van der Waals surface area contributed by atoms with Crippen molar-refractivity contribution in [2.24, 2.45) is 0 Å². The smallest absolute Gasteiger partial charge is 0.249 e. The number of benzene rings is 2. The first-order valence-electron chi connectivity index (χ1n) is 8.54. The molecule has 1 aromatic heterocycles. The van der Waals surface area contributed by atoms with Crippen molar-refractivity contribution in [3.63, 3.8) is 0 Å². The molecule has 3 aromatic rings. The molecule has 0 bridgehead atoms. The van der Waals surface area contributed by atoms with E-state index < -0.39 is 6.04 Å². The van der Waals surface area contributed by atoms with E-state index in [2.05, 4.69) is 15.7 Å². The minimum Gasteiger partial charge on any atom is -0.324 e. The third kappa shape index (κ3) is 3.31. The fourth-order valence-corrected chi connectivity index (χ4v) is 3.39. The molecule has 27 heavy (non-hydrogen) atoms. The minimum atomic E-state index is -0.733. The normalized spacial score (nSPS) is 15.8. The standard InChI is InChI=1S/C20H17ClN4O2/c1-12-18(13-6-3-2-4-7-13)24-25-16(11-17(26)23-19(12)25)20(27)22-15-9-5-8-14(21)10-15/h2-10,16H,11H2,1H3,(H,22,27)(H,23,26)/t16-/m1/s1. The maximum atomic E-state index is 12.8. The first-order valence-corrected chi connectivity index (χ1v) is 8.91. The van der Waals surface area contributed by atoms with Crippen LogP contribution in [-0.4, -0.2) is 21.6 Å². The molecule has 136 valence electrons. The predicted molar refractivity (Wildman–Crippen MR) is 105 cm³/mol. The third-order valence-electron chi connectivity index (χ3n) is 4.52. The molecular formula is C20H17ClN4O2. The van der Waals surface area contributed by atoms with Gasteiger partial charge in [-0.2, -0.15) is 5.10 Å². The fourth-order valence-electron chi connectivity index (χ4n) is 3.20. The molecule has 0 radical (unpaired) electrons. The molecule has 4 rings (SSSR count). The summed E-state index contributed by atoms with van der Waals surface area (Å²) < 4.78 is 1.60. The van der Waals surface area contributed by atoms with Crippen LogP contribution in [0, 0.1) is 6.92 Å². The SMILES string of the molecule is Cc1c(-c2ccccc2)nn2c1NC(=O)C[C@@H]2C(=O)Nc1cccc(Cl)c1. The Bertz CT molecular complexity index is 1030. The molecule has 7 heteroatoms. The van der Waals surface area contributed by atoms with Gasteiger partial charge in [0.25, 0.3) is 0 Å². The van der Waals surface area contributed by atoms with Crippen LogP contribution in [0.3, 0.4) is 0 Å². The van der Waals surface area contributed by atoms with Crippen LogP contribution in [0.4, 0.5) is 11.5 Å². The zero-order valence-electron chi connectivity index (χ0n) is 14.6. The van der Waals surface area contributed by atoms with Gasteiger partial charge in [-0.15, -0.1) is 0 Å². The minimum absolute atomic E-state index is 0.0226. The zero-order chi connectivity index (χ0) is 19.0. The number of anilines is 2. The molecule has 2 heterocycles. The molecule has 0 saturated carbocycles. The number of aromatic nitrogens is 2. The van der Waals surface area contributed by atoms with Gasteiger partial charge in [0.1, 0.15) is 11.9 Å². The second kappa shape index (κ2) is 6.89. The number of nitrogens with one attached hydrogen (secondary N) is 2. The van der Waals surface area contributed by atoms with Crippen LogP contribution < -0.4 is 10.6 Å². The van der Waals surface area contributed by atoms with E-state index >= 15 is 0 Å². The van der Waals surface area contributed by atoms with Gasteiger partial charge in [-0.25, -0.2) is 4.68 Å². The van der Waals surface area contributed by atoms with Crippen LogP contribution in [0.2, 0.25) is 5.02 Å². The first-order chi connectivity index (χ1) is 13.0. The van der Waals surface area contributed by atoms with Crippen LogP contribution in [-0.2, 0) is 9.59 Å². The summed E-state index contributed by atoms with van der Waals surface area (Å²) in [6.07, 6.45) is 0.0226. The highest BCUT2D eigenvalue weighted by atomic mass is 35.5. The van der Waals surface area contributed by atoms with E-state index in [1.807, 2.05) is 37.3 Å². The van der Waals surface area contributed by atoms with Crippen molar-refractivity contribution in [1.82, 2.24) is 9.78 Å². The zero-order valence-corrected chi connectivity index (χ0v) is 15.3. The molecule has 2 aromatic carbocycles. The van der Waals surface area contributed by atoms with E-state index in [4.69, 9.17) is 11.6 Å². The number of hydrogen-bond acceptors (Lipinski definition) is 3. The van der Waals surface area contributed by atoms with Crippen molar-refractivity contribution in [3.05, 3.63) is 65.2 Å². The predicted octanol–water partition coefficient (Wildman–Crippen LogP) is 4.03. The van der Waals surface area contributed by atoms with E-state index in [1.165, 1.54) is 0 Å². The Labute approximate surface area is 161 Å². The fraction of sp³-hybridized carbons (Fsp3) is 0.150.